The molecule has 0 bridgehead atoms. The molecule has 2 aromatic rings. The molecule has 230 valence electrons. The van der Waals surface area contributed by atoms with Crippen molar-refractivity contribution in [1.29, 1.82) is 0 Å². The fourth-order valence-corrected chi connectivity index (χ4v) is 5.51. The number of carbonyl (C=O) groups is 6. The zero-order valence-electron chi connectivity index (χ0n) is 23.8. The van der Waals surface area contributed by atoms with E-state index in [1.165, 1.54) is 12.1 Å². The molecule has 3 rings (SSSR count). The molecule has 9 N–H and O–H groups in total. The van der Waals surface area contributed by atoms with Gasteiger partial charge in [-0.05, 0) is 43.5 Å². The number of carboxylic acid groups (broad SMARTS) is 1. The topological polar surface area (TPSA) is 223 Å². The van der Waals surface area contributed by atoms with E-state index in [4.69, 9.17) is 11.5 Å². The minimum Gasteiger partial charge on any atom is -0.480 e. The molecule has 0 aliphatic carbocycles. The van der Waals surface area contributed by atoms with Gasteiger partial charge in [0, 0.05) is 22.5 Å². The first kappa shape index (κ1) is 33.1. The van der Waals surface area contributed by atoms with Gasteiger partial charge in [-0.2, -0.15) is 11.8 Å². The number of amides is 5. The molecule has 0 aromatic heterocycles. The van der Waals surface area contributed by atoms with Crippen LogP contribution in [0.5, 0.6) is 0 Å². The number of benzene rings is 2. The Kier molecular flexibility index (Phi) is 11.3. The molecule has 0 radical (unpaired) electrons. The third kappa shape index (κ3) is 9.54. The molecule has 0 spiro atoms. The average molecular weight is 613 g/mol. The van der Waals surface area contributed by atoms with E-state index in [2.05, 4.69) is 21.3 Å². The third-order valence-corrected chi connectivity index (χ3v) is 8.35. The van der Waals surface area contributed by atoms with Crippen LogP contribution >= 0.6 is 11.8 Å². The molecule has 2 aromatic carbocycles. The second kappa shape index (κ2) is 14.6. The van der Waals surface area contributed by atoms with Gasteiger partial charge in [-0.25, -0.2) is 4.79 Å². The number of hydrogen-bond acceptors (Lipinski definition) is 8. The molecule has 1 saturated heterocycles. The number of aliphatic carboxylic acids is 1. The van der Waals surface area contributed by atoms with E-state index >= 15 is 0 Å². The van der Waals surface area contributed by atoms with Crippen molar-refractivity contribution in [3.05, 3.63) is 71.3 Å². The Labute approximate surface area is 252 Å². The van der Waals surface area contributed by atoms with Gasteiger partial charge in [-0.3, -0.25) is 24.0 Å². The highest BCUT2D eigenvalue weighted by molar-refractivity contribution is 8.00. The van der Waals surface area contributed by atoms with Crippen molar-refractivity contribution in [2.24, 2.45) is 11.5 Å². The molecule has 1 aliphatic heterocycles. The molecule has 1 fully saturated rings. The first-order valence-electron chi connectivity index (χ1n) is 13.5. The number of hydrogen-bond donors (Lipinski definition) is 7. The van der Waals surface area contributed by atoms with E-state index in [1.807, 2.05) is 0 Å². The second-order valence-electron chi connectivity index (χ2n) is 10.7. The number of carbonyl (C=O) groups excluding carboxylic acids is 5. The highest BCUT2D eigenvalue weighted by Crippen LogP contribution is 2.29. The summed E-state index contributed by atoms with van der Waals surface area (Å²) < 4.78 is -1.10. The van der Waals surface area contributed by atoms with Crippen LogP contribution in [-0.2, 0) is 36.8 Å². The van der Waals surface area contributed by atoms with E-state index in [0.29, 0.717) is 11.1 Å². The summed E-state index contributed by atoms with van der Waals surface area (Å²) >= 11 is 1.06. The molecule has 5 amide bonds. The number of rotatable bonds is 8. The second-order valence-corrected chi connectivity index (χ2v) is 12.3. The zero-order chi connectivity index (χ0) is 31.7. The van der Waals surface area contributed by atoms with Crippen LogP contribution in [0.2, 0.25) is 0 Å². The van der Waals surface area contributed by atoms with Crippen LogP contribution in [0.1, 0.15) is 35.3 Å². The van der Waals surface area contributed by atoms with Gasteiger partial charge in [0.25, 0.3) is 0 Å². The molecule has 4 atom stereocenters. The average Bonchev–Trinajstić information content (AvgIpc) is 2.96. The number of thioether (sulfide) groups is 1. The van der Waals surface area contributed by atoms with Gasteiger partial charge in [0.1, 0.15) is 18.1 Å². The summed E-state index contributed by atoms with van der Waals surface area (Å²) in [6.45, 7) is 2.77. The van der Waals surface area contributed by atoms with Gasteiger partial charge in [-0.1, -0.05) is 42.5 Å². The lowest BCUT2D eigenvalue weighted by Gasteiger charge is -2.34. The SMILES string of the molecule is CC1(C)SC[C@H](C(=O)O)NC(=O)[C@H](Cc2ccccc2)NC(=O)CNC(=O)[C@@H]1NC(=O)C(N)Cc1ccc(C(N)=O)cc1. The normalized spacial score (nSPS) is 21.8. The Morgan fingerprint density at radius 1 is 1.00 bits per heavy atom. The fraction of sp³-hybridized carbons (Fsp3) is 0.379. The predicted molar refractivity (Wildman–Crippen MR) is 160 cm³/mol. The van der Waals surface area contributed by atoms with Gasteiger partial charge in [0.15, 0.2) is 0 Å². The summed E-state index contributed by atoms with van der Waals surface area (Å²) in [5.41, 5.74) is 13.1. The van der Waals surface area contributed by atoms with E-state index in [1.54, 1.807) is 56.3 Å². The van der Waals surface area contributed by atoms with Crippen molar-refractivity contribution in [2.75, 3.05) is 12.3 Å². The highest BCUT2D eigenvalue weighted by Gasteiger charge is 2.40. The Bertz CT molecular complexity index is 1350. The first-order valence-corrected chi connectivity index (χ1v) is 14.5. The summed E-state index contributed by atoms with van der Waals surface area (Å²) in [6, 6.07) is 10.4. The van der Waals surface area contributed by atoms with Crippen molar-refractivity contribution in [3.63, 3.8) is 0 Å². The summed E-state index contributed by atoms with van der Waals surface area (Å²) in [5, 5.41) is 20.0. The largest absolute Gasteiger partial charge is 0.480 e. The molecule has 1 aliphatic rings. The minimum absolute atomic E-state index is 0.0884. The molecular weight excluding hydrogens is 576 g/mol. The van der Waals surface area contributed by atoms with E-state index < -0.39 is 71.0 Å². The summed E-state index contributed by atoms with van der Waals surface area (Å²) in [6.07, 6.45) is 0.185. The molecule has 1 heterocycles. The lowest BCUT2D eigenvalue weighted by atomic mass is 10.00. The minimum atomic E-state index is -1.35. The Morgan fingerprint density at radius 3 is 2.26 bits per heavy atom. The lowest BCUT2D eigenvalue weighted by molar-refractivity contribution is -0.141. The fourth-order valence-electron chi connectivity index (χ4n) is 4.36. The zero-order valence-corrected chi connectivity index (χ0v) is 24.6. The Hall–Kier alpha value is -4.43. The number of nitrogens with two attached hydrogens (primary N) is 2. The van der Waals surface area contributed by atoms with Crippen LogP contribution in [0.3, 0.4) is 0 Å². The maximum atomic E-state index is 13.3. The van der Waals surface area contributed by atoms with Gasteiger partial charge in [-0.15, -0.1) is 0 Å². The van der Waals surface area contributed by atoms with Gasteiger partial charge in [0.05, 0.1) is 12.6 Å². The van der Waals surface area contributed by atoms with E-state index in [-0.39, 0.29) is 18.6 Å². The number of carboxylic acids is 1. The smallest absolute Gasteiger partial charge is 0.327 e. The van der Waals surface area contributed by atoms with Crippen LogP contribution in [0, 0.1) is 0 Å². The number of primary amides is 1. The summed E-state index contributed by atoms with van der Waals surface area (Å²) in [4.78, 5) is 75.8. The molecule has 14 heteroatoms. The first-order chi connectivity index (χ1) is 20.3. The molecular formula is C29H36N6O7S. The third-order valence-electron chi connectivity index (χ3n) is 6.87. The van der Waals surface area contributed by atoms with E-state index in [0.717, 1.165) is 17.3 Å². The van der Waals surface area contributed by atoms with Crippen molar-refractivity contribution >= 4 is 47.3 Å². The van der Waals surface area contributed by atoms with Crippen molar-refractivity contribution in [3.8, 4) is 0 Å². The predicted octanol–water partition coefficient (Wildman–Crippen LogP) is -0.921. The Morgan fingerprint density at radius 2 is 1.65 bits per heavy atom. The summed E-state index contributed by atoms with van der Waals surface area (Å²) in [7, 11) is 0. The standard InChI is InChI=1S/C29H36N6O7S/c1-29(2)23(35-25(38)19(30)12-17-8-10-18(11-9-17)24(31)37)27(40)32-14-22(36)33-20(13-16-6-4-3-5-7-16)26(39)34-21(15-43-29)28(41)42/h3-11,19-21,23H,12-15,30H2,1-2H3,(H2,31,37)(H,32,40)(H,33,36)(H,34,39)(H,35,38)(H,41,42)/t19?,20-,21+,23-/m0/s1. The van der Waals surface area contributed by atoms with Crippen molar-refractivity contribution in [2.45, 2.75) is 55.6 Å². The molecule has 13 nitrogen and oxygen atoms in total. The maximum Gasteiger partial charge on any atom is 0.327 e. The number of nitrogens with one attached hydrogen (secondary N) is 4. The van der Waals surface area contributed by atoms with Gasteiger partial charge < -0.3 is 37.8 Å². The van der Waals surface area contributed by atoms with Gasteiger partial charge in [0.2, 0.25) is 29.5 Å². The van der Waals surface area contributed by atoms with Crippen LogP contribution < -0.4 is 32.7 Å². The van der Waals surface area contributed by atoms with Crippen LogP contribution in [-0.4, -0.2) is 81.8 Å². The maximum absolute atomic E-state index is 13.3. The van der Waals surface area contributed by atoms with Crippen LogP contribution in [0.15, 0.2) is 54.6 Å². The van der Waals surface area contributed by atoms with E-state index in [9.17, 15) is 33.9 Å². The lowest BCUT2D eigenvalue weighted by Crippen LogP contribution is -2.60. The van der Waals surface area contributed by atoms with Crippen LogP contribution in [0.25, 0.3) is 0 Å². The quantitative estimate of drug-likeness (QED) is 0.195. The van der Waals surface area contributed by atoms with Crippen LogP contribution in [0.4, 0.5) is 0 Å². The molecule has 43 heavy (non-hydrogen) atoms. The van der Waals surface area contributed by atoms with Crippen molar-refractivity contribution < 1.29 is 33.9 Å². The monoisotopic (exact) mass is 612 g/mol. The molecule has 1 unspecified atom stereocenters. The highest BCUT2D eigenvalue weighted by atomic mass is 32.2. The summed E-state index contributed by atoms with van der Waals surface area (Å²) in [5.74, 6) is -4.75. The van der Waals surface area contributed by atoms with Crippen molar-refractivity contribution in [1.82, 2.24) is 21.3 Å². The van der Waals surface area contributed by atoms with Gasteiger partial charge >= 0.3 is 5.97 Å². The Balaban J connectivity index is 1.80. The molecule has 0 saturated carbocycles.